The van der Waals surface area contributed by atoms with E-state index in [0.717, 1.165) is 82.7 Å². The van der Waals surface area contributed by atoms with Gasteiger partial charge in [0.2, 0.25) is 0 Å². The monoisotopic (exact) mass is 552 g/mol. The van der Waals surface area contributed by atoms with Crippen LogP contribution >= 0.6 is 0 Å². The molecule has 0 aromatic heterocycles. The van der Waals surface area contributed by atoms with Crippen molar-refractivity contribution in [3.05, 3.63) is 178 Å². The first-order valence-electron chi connectivity index (χ1n) is 14.8. The van der Waals surface area contributed by atoms with Crippen molar-refractivity contribution in [3.63, 3.8) is 0 Å². The van der Waals surface area contributed by atoms with Crippen LogP contribution in [-0.4, -0.2) is 10.2 Å². The van der Waals surface area contributed by atoms with Crippen LogP contribution in [0, 0.1) is 6.92 Å². The minimum absolute atomic E-state index is 0.849. The first-order chi connectivity index (χ1) is 21.0. The summed E-state index contributed by atoms with van der Waals surface area (Å²) in [5.74, 6) is 0. The minimum Gasteiger partial charge on any atom is -0.376 e. The van der Waals surface area contributed by atoms with Gasteiger partial charge in [-0.2, -0.15) is 0 Å². The van der Waals surface area contributed by atoms with Gasteiger partial charge in [0, 0.05) is 33.4 Å². The molecule has 43 heavy (non-hydrogen) atoms. The van der Waals surface area contributed by atoms with Gasteiger partial charge in [0.15, 0.2) is 0 Å². The predicted octanol–water partition coefficient (Wildman–Crippen LogP) is 8.83. The highest BCUT2D eigenvalue weighted by Crippen LogP contribution is 2.58. The van der Waals surface area contributed by atoms with Crippen molar-refractivity contribution in [2.45, 2.75) is 18.1 Å². The normalized spacial score (nSPS) is 15.2. The van der Waals surface area contributed by atoms with Crippen LogP contribution in [-0.2, 0) is 11.2 Å². The lowest BCUT2D eigenvalue weighted by Crippen LogP contribution is -2.30. The molecule has 9 rings (SSSR count). The third-order valence-electron chi connectivity index (χ3n) is 9.75. The van der Waals surface area contributed by atoms with Gasteiger partial charge < -0.3 is 10.2 Å². The van der Waals surface area contributed by atoms with E-state index in [1.807, 2.05) is 60.7 Å². The number of rotatable bonds is 2. The van der Waals surface area contributed by atoms with E-state index in [1.165, 1.54) is 0 Å². The summed E-state index contributed by atoms with van der Waals surface area (Å²) in [6, 6.07) is 47.5. The second-order valence-corrected chi connectivity index (χ2v) is 11.9. The third kappa shape index (κ3) is 2.99. The van der Waals surface area contributed by atoms with E-state index in [0.29, 0.717) is 0 Å². The fraction of sp³-hybridized carbons (Fsp3) is 0.0732. The first-order valence-corrected chi connectivity index (χ1v) is 14.8. The molecule has 0 radical (unpaired) electrons. The van der Waals surface area contributed by atoms with E-state index >= 15 is 0 Å². The Labute approximate surface area is 250 Å². The molecule has 2 N–H and O–H groups in total. The van der Waals surface area contributed by atoms with Crippen LogP contribution < -0.4 is 0 Å². The summed E-state index contributed by atoms with van der Waals surface area (Å²) < 4.78 is 0. The maximum atomic E-state index is 13.2. The van der Waals surface area contributed by atoms with Gasteiger partial charge in [-0.3, -0.25) is 0 Å². The molecule has 0 saturated heterocycles. The lowest BCUT2D eigenvalue weighted by atomic mass is 9.73. The molecule has 0 saturated carbocycles. The van der Waals surface area contributed by atoms with E-state index in [-0.39, 0.29) is 0 Å². The number of benzene rings is 7. The minimum atomic E-state index is -1.38. The van der Waals surface area contributed by atoms with E-state index in [1.54, 1.807) is 0 Å². The standard InChI is InChI=1S/C41H28O2/c1-25-22-23-32-33(24-25)39(41(43)36-20-10-6-14-28(36)29-15-7-11-21-37(29)41)31-17-3-2-16-30(31)38(32)40(42)34-18-8-4-12-26(34)27-13-5-9-19-35(27)40/h2-24,42-43H,1H3. The molecule has 2 nitrogen and oxygen atoms in total. The third-order valence-corrected chi connectivity index (χ3v) is 9.75. The van der Waals surface area contributed by atoms with E-state index in [2.05, 4.69) is 85.8 Å². The lowest BCUT2D eigenvalue weighted by Gasteiger charge is -2.34. The molecule has 7 aromatic carbocycles. The first kappa shape index (κ1) is 24.6. The van der Waals surface area contributed by atoms with Crippen LogP contribution in [0.2, 0.25) is 0 Å². The quantitative estimate of drug-likeness (QED) is 0.210. The van der Waals surface area contributed by atoms with Crippen LogP contribution in [0.3, 0.4) is 0 Å². The summed E-state index contributed by atoms with van der Waals surface area (Å²) in [6.07, 6.45) is 0. The summed E-state index contributed by atoms with van der Waals surface area (Å²) in [7, 11) is 0. The van der Waals surface area contributed by atoms with Gasteiger partial charge in [-0.25, -0.2) is 0 Å². The van der Waals surface area contributed by atoms with Gasteiger partial charge in [-0.1, -0.05) is 145 Å². The lowest BCUT2D eigenvalue weighted by molar-refractivity contribution is 0.131. The fourth-order valence-electron chi connectivity index (χ4n) is 8.03. The molecule has 2 aliphatic carbocycles. The van der Waals surface area contributed by atoms with Gasteiger partial charge in [-0.05, 0) is 50.7 Å². The Morgan fingerprint density at radius 1 is 0.372 bits per heavy atom. The highest BCUT2D eigenvalue weighted by Gasteiger charge is 2.48. The van der Waals surface area contributed by atoms with Crippen LogP contribution in [0.5, 0.6) is 0 Å². The Kier molecular flexibility index (Phi) is 4.86. The Bertz CT molecular complexity index is 2200. The molecule has 0 amide bonds. The zero-order chi connectivity index (χ0) is 28.9. The molecule has 0 fully saturated rings. The predicted molar refractivity (Wildman–Crippen MR) is 174 cm³/mol. The topological polar surface area (TPSA) is 40.5 Å². The van der Waals surface area contributed by atoms with Gasteiger partial charge in [-0.15, -0.1) is 0 Å². The molecule has 0 aliphatic heterocycles. The maximum Gasteiger partial charge on any atom is 0.142 e. The second-order valence-electron chi connectivity index (χ2n) is 11.9. The van der Waals surface area contributed by atoms with Crippen LogP contribution in [0.15, 0.2) is 140 Å². The highest BCUT2D eigenvalue weighted by atomic mass is 16.3. The molecule has 0 bridgehead atoms. The molecular weight excluding hydrogens is 524 g/mol. The zero-order valence-corrected chi connectivity index (χ0v) is 23.7. The number of aliphatic hydroxyl groups is 2. The largest absolute Gasteiger partial charge is 0.376 e. The van der Waals surface area contributed by atoms with Crippen molar-refractivity contribution in [2.75, 3.05) is 0 Å². The SMILES string of the molecule is Cc1ccc2c(C3(O)c4ccccc4-c4ccccc43)c3ccccc3c(C3(O)c4ccccc4-c4ccccc43)c2c1. The van der Waals surface area contributed by atoms with Crippen molar-refractivity contribution < 1.29 is 10.2 Å². The van der Waals surface area contributed by atoms with Crippen molar-refractivity contribution in [1.82, 2.24) is 0 Å². The number of fused-ring (bicyclic) bond motifs is 8. The van der Waals surface area contributed by atoms with E-state index in [9.17, 15) is 10.2 Å². The van der Waals surface area contributed by atoms with Gasteiger partial charge in [0.1, 0.15) is 11.2 Å². The highest BCUT2D eigenvalue weighted by molar-refractivity contribution is 6.10. The summed E-state index contributed by atoms with van der Waals surface area (Å²) >= 11 is 0. The van der Waals surface area contributed by atoms with Crippen molar-refractivity contribution in [3.8, 4) is 22.3 Å². The average Bonchev–Trinajstić information content (AvgIpc) is 3.47. The maximum absolute atomic E-state index is 13.2. The van der Waals surface area contributed by atoms with Crippen LogP contribution in [0.1, 0.15) is 38.9 Å². The molecule has 0 heterocycles. The molecule has 204 valence electrons. The summed E-state index contributed by atoms with van der Waals surface area (Å²) in [4.78, 5) is 0. The molecule has 7 aromatic rings. The molecule has 0 unspecified atom stereocenters. The van der Waals surface area contributed by atoms with Crippen molar-refractivity contribution >= 4 is 21.5 Å². The second kappa shape index (κ2) is 8.52. The van der Waals surface area contributed by atoms with E-state index < -0.39 is 11.2 Å². The Balaban J connectivity index is 1.49. The van der Waals surface area contributed by atoms with Crippen LogP contribution in [0.25, 0.3) is 43.8 Å². The number of hydrogen-bond donors (Lipinski definition) is 2. The number of aryl methyl sites for hydroxylation is 1. The molecule has 0 atom stereocenters. The number of hydrogen-bond acceptors (Lipinski definition) is 2. The summed E-state index contributed by atoms with van der Waals surface area (Å²) in [6.45, 7) is 2.09. The summed E-state index contributed by atoms with van der Waals surface area (Å²) in [5, 5.41) is 30.2. The Hall–Kier alpha value is -5.02. The van der Waals surface area contributed by atoms with Crippen molar-refractivity contribution in [1.29, 1.82) is 0 Å². The molecule has 0 spiro atoms. The van der Waals surface area contributed by atoms with Crippen molar-refractivity contribution in [2.24, 2.45) is 0 Å². The zero-order valence-electron chi connectivity index (χ0n) is 23.7. The van der Waals surface area contributed by atoms with Gasteiger partial charge in [0.05, 0.1) is 0 Å². The molecule has 2 aliphatic rings. The smallest absolute Gasteiger partial charge is 0.142 e. The fourth-order valence-corrected chi connectivity index (χ4v) is 8.03. The van der Waals surface area contributed by atoms with Gasteiger partial charge >= 0.3 is 0 Å². The Morgan fingerprint density at radius 3 is 1.12 bits per heavy atom. The van der Waals surface area contributed by atoms with Gasteiger partial charge in [0.25, 0.3) is 0 Å². The van der Waals surface area contributed by atoms with E-state index in [4.69, 9.17) is 0 Å². The molecule has 2 heteroatoms. The Morgan fingerprint density at radius 2 is 0.698 bits per heavy atom. The average molecular weight is 553 g/mol. The van der Waals surface area contributed by atoms with Crippen LogP contribution in [0.4, 0.5) is 0 Å². The summed E-state index contributed by atoms with van der Waals surface area (Å²) in [5.41, 5.74) is 7.75. The molecular formula is C41H28O2.